The van der Waals surface area contributed by atoms with Gasteiger partial charge in [0.1, 0.15) is 0 Å². The fourth-order valence-electron chi connectivity index (χ4n) is 2.17. The average Bonchev–Trinajstić information content (AvgIpc) is 2.44. The van der Waals surface area contributed by atoms with Crippen molar-refractivity contribution in [1.29, 1.82) is 0 Å². The van der Waals surface area contributed by atoms with Gasteiger partial charge in [-0.05, 0) is 45.4 Å². The van der Waals surface area contributed by atoms with E-state index in [0.29, 0.717) is 11.3 Å². The van der Waals surface area contributed by atoms with Crippen LogP contribution in [0.1, 0.15) is 32.8 Å². The Kier molecular flexibility index (Phi) is 9.04. The predicted octanol–water partition coefficient (Wildman–Crippen LogP) is 1.80. The maximum absolute atomic E-state index is 12.5. The molecule has 144 valence electrons. The molecule has 9 heteroatoms. The predicted molar refractivity (Wildman–Crippen MR) is 102 cm³/mol. The van der Waals surface area contributed by atoms with Crippen molar-refractivity contribution in [2.45, 2.75) is 50.7 Å². The van der Waals surface area contributed by atoms with Gasteiger partial charge in [-0.15, -0.1) is 12.4 Å². The number of amides is 1. The molecular formula is C16H28ClN3O4S. The van der Waals surface area contributed by atoms with E-state index in [1.807, 2.05) is 0 Å². The normalized spacial score (nSPS) is 13.0. The van der Waals surface area contributed by atoms with E-state index in [2.05, 4.69) is 10.0 Å². The molecular weight excluding hydrogens is 366 g/mol. The number of benzene rings is 1. The first-order valence-corrected chi connectivity index (χ1v) is 9.15. The van der Waals surface area contributed by atoms with Gasteiger partial charge in [0, 0.05) is 24.9 Å². The van der Waals surface area contributed by atoms with Crippen LogP contribution in [0.3, 0.4) is 0 Å². The lowest BCUT2D eigenvalue weighted by molar-refractivity contribution is -0.118. The van der Waals surface area contributed by atoms with Crippen LogP contribution in [0.2, 0.25) is 0 Å². The van der Waals surface area contributed by atoms with E-state index < -0.39 is 15.6 Å². The van der Waals surface area contributed by atoms with E-state index in [0.717, 1.165) is 0 Å². The number of carbonyl (C=O) groups excluding carboxylic acids is 1. The highest BCUT2D eigenvalue weighted by atomic mass is 35.5. The fraction of sp³-hybridized carbons (Fsp3) is 0.562. The summed E-state index contributed by atoms with van der Waals surface area (Å²) < 4.78 is 32.7. The molecule has 0 aliphatic heterocycles. The molecule has 1 unspecified atom stereocenters. The summed E-state index contributed by atoms with van der Waals surface area (Å²) >= 11 is 0. The zero-order valence-electron chi connectivity index (χ0n) is 15.3. The first-order valence-electron chi connectivity index (χ1n) is 7.66. The van der Waals surface area contributed by atoms with Gasteiger partial charge in [-0.2, -0.15) is 0 Å². The van der Waals surface area contributed by atoms with Crippen LogP contribution >= 0.6 is 12.4 Å². The summed E-state index contributed by atoms with van der Waals surface area (Å²) in [6, 6.07) is 4.76. The molecule has 0 aromatic heterocycles. The molecule has 1 rings (SSSR count). The van der Waals surface area contributed by atoms with Gasteiger partial charge >= 0.3 is 0 Å². The summed E-state index contributed by atoms with van der Waals surface area (Å²) in [4.78, 5) is 12.2. The Bertz CT molecular complexity index is 683. The van der Waals surface area contributed by atoms with Crippen molar-refractivity contribution >= 4 is 34.0 Å². The largest absolute Gasteiger partial charge is 0.380 e. The number of carbonyl (C=O) groups is 1. The second-order valence-electron chi connectivity index (χ2n) is 6.63. The van der Waals surface area contributed by atoms with Crippen molar-refractivity contribution in [3.05, 3.63) is 23.8 Å². The van der Waals surface area contributed by atoms with Crippen molar-refractivity contribution in [3.8, 4) is 0 Å². The molecule has 0 radical (unpaired) electrons. The van der Waals surface area contributed by atoms with E-state index in [4.69, 9.17) is 10.5 Å². The number of rotatable bonds is 7. The van der Waals surface area contributed by atoms with Crippen LogP contribution in [0.15, 0.2) is 23.1 Å². The molecule has 0 fully saturated rings. The Morgan fingerprint density at radius 1 is 1.32 bits per heavy atom. The average molecular weight is 394 g/mol. The number of anilines is 1. The molecule has 1 amide bonds. The molecule has 4 N–H and O–H groups in total. The molecule has 0 saturated carbocycles. The number of nitrogens with two attached hydrogens (primary N) is 1. The van der Waals surface area contributed by atoms with Crippen LogP contribution in [0.5, 0.6) is 0 Å². The van der Waals surface area contributed by atoms with Gasteiger partial charge in [-0.3, -0.25) is 4.79 Å². The van der Waals surface area contributed by atoms with Gasteiger partial charge in [-0.1, -0.05) is 6.07 Å². The number of ether oxygens (including phenoxy) is 1. The molecule has 1 atom stereocenters. The molecule has 0 aliphatic carbocycles. The first-order chi connectivity index (χ1) is 11.0. The highest BCUT2D eigenvalue weighted by Gasteiger charge is 2.24. The van der Waals surface area contributed by atoms with Crippen molar-refractivity contribution in [2.24, 2.45) is 5.73 Å². The van der Waals surface area contributed by atoms with E-state index in [-0.39, 0.29) is 42.3 Å². The van der Waals surface area contributed by atoms with E-state index in [9.17, 15) is 13.2 Å². The summed E-state index contributed by atoms with van der Waals surface area (Å²) in [6.07, 6.45) is -0.274. The lowest BCUT2D eigenvalue weighted by Gasteiger charge is -2.22. The van der Waals surface area contributed by atoms with Gasteiger partial charge < -0.3 is 15.8 Å². The molecule has 1 aromatic carbocycles. The quantitative estimate of drug-likeness (QED) is 0.654. The van der Waals surface area contributed by atoms with Crippen LogP contribution < -0.4 is 15.8 Å². The van der Waals surface area contributed by atoms with Crippen molar-refractivity contribution in [1.82, 2.24) is 4.72 Å². The summed E-state index contributed by atoms with van der Waals surface area (Å²) in [5.74, 6) is -0.284. The minimum absolute atomic E-state index is 0. The van der Waals surface area contributed by atoms with Crippen LogP contribution in [0.4, 0.5) is 5.69 Å². The maximum Gasteiger partial charge on any atom is 0.241 e. The van der Waals surface area contributed by atoms with Gasteiger partial charge in [0.25, 0.3) is 0 Å². The van der Waals surface area contributed by atoms with E-state index >= 15 is 0 Å². The molecule has 0 spiro atoms. The van der Waals surface area contributed by atoms with Crippen LogP contribution in [0.25, 0.3) is 0 Å². The molecule has 0 bridgehead atoms. The Hall–Kier alpha value is -1.19. The molecule has 0 aliphatic rings. The Labute approximate surface area is 156 Å². The SMILES string of the molecule is COC(CN)CC(=O)Nc1cccc(S(=O)(=O)NC(C)(C)C)c1C.Cl. The van der Waals surface area contributed by atoms with Crippen LogP contribution in [0, 0.1) is 6.92 Å². The maximum atomic E-state index is 12.5. The van der Waals surface area contributed by atoms with Crippen molar-refractivity contribution < 1.29 is 17.9 Å². The van der Waals surface area contributed by atoms with E-state index in [1.165, 1.54) is 13.2 Å². The van der Waals surface area contributed by atoms with Crippen LogP contribution in [-0.4, -0.2) is 39.6 Å². The summed E-state index contributed by atoms with van der Waals surface area (Å²) in [6.45, 7) is 7.19. The monoisotopic (exact) mass is 393 g/mol. The number of halogens is 1. The highest BCUT2D eigenvalue weighted by Crippen LogP contribution is 2.24. The molecule has 0 heterocycles. The second-order valence-corrected chi connectivity index (χ2v) is 8.28. The van der Waals surface area contributed by atoms with Gasteiger partial charge in [0.15, 0.2) is 0 Å². The first kappa shape index (κ1) is 23.8. The number of hydrogen-bond acceptors (Lipinski definition) is 5. The third-order valence-corrected chi connectivity index (χ3v) is 5.20. The zero-order valence-corrected chi connectivity index (χ0v) is 16.9. The molecule has 0 saturated heterocycles. The molecule has 1 aromatic rings. The van der Waals surface area contributed by atoms with Gasteiger partial charge in [0.05, 0.1) is 17.4 Å². The van der Waals surface area contributed by atoms with Crippen LogP contribution in [-0.2, 0) is 19.6 Å². The number of methoxy groups -OCH3 is 1. The van der Waals surface area contributed by atoms with Gasteiger partial charge in [-0.25, -0.2) is 13.1 Å². The summed E-state index contributed by atoms with van der Waals surface area (Å²) in [5, 5.41) is 2.72. The minimum atomic E-state index is -3.69. The van der Waals surface area contributed by atoms with Crippen molar-refractivity contribution in [2.75, 3.05) is 19.0 Å². The zero-order chi connectivity index (χ0) is 18.5. The third kappa shape index (κ3) is 7.29. The lowest BCUT2D eigenvalue weighted by atomic mass is 10.1. The number of hydrogen-bond donors (Lipinski definition) is 3. The van der Waals surface area contributed by atoms with E-state index in [1.54, 1.807) is 39.8 Å². The highest BCUT2D eigenvalue weighted by molar-refractivity contribution is 7.89. The minimum Gasteiger partial charge on any atom is -0.380 e. The topological polar surface area (TPSA) is 111 Å². The third-order valence-electron chi connectivity index (χ3n) is 3.30. The number of sulfonamides is 1. The summed E-state index contributed by atoms with van der Waals surface area (Å²) in [5.41, 5.74) is 5.83. The molecule has 25 heavy (non-hydrogen) atoms. The molecule has 7 nitrogen and oxygen atoms in total. The number of nitrogens with one attached hydrogen (secondary N) is 2. The van der Waals surface area contributed by atoms with Crippen molar-refractivity contribution in [3.63, 3.8) is 0 Å². The smallest absolute Gasteiger partial charge is 0.241 e. The summed E-state index contributed by atoms with van der Waals surface area (Å²) in [7, 11) is -2.20. The van der Waals surface area contributed by atoms with Gasteiger partial charge in [0.2, 0.25) is 15.9 Å². The fourth-order valence-corrected chi connectivity index (χ4v) is 3.86. The Balaban J connectivity index is 0.00000576. The lowest BCUT2D eigenvalue weighted by Crippen LogP contribution is -2.40. The standard InChI is InChI=1S/C16H27N3O4S.ClH/c1-11-13(18-15(20)9-12(10-17)23-5)7-6-8-14(11)24(21,22)19-16(2,3)4;/h6-8,12,19H,9-10,17H2,1-5H3,(H,18,20);1H. The Morgan fingerprint density at radius 3 is 2.40 bits per heavy atom. The Morgan fingerprint density at radius 2 is 1.92 bits per heavy atom. The second kappa shape index (κ2) is 9.49.